The molecule has 11 nitrogen and oxygen atoms in total. The second-order valence-corrected chi connectivity index (χ2v) is 12.7. The standard InChI is InChI=1S/C37H36Cl2N6O5/c1-21-14-23(15-31-42-18-24(37(48)45(21)31)17-41-20-33(47)49-2)26-6-4-7-27(34(26)38)28-8-5-9-29(35(28)39)30-12-10-22(36(44-30)50-3)16-40-19-25-11-13-32(46)43-25/h4-10,12,14-15,18,25,40-41H,11,13,16-17,19-20H2,1-3H3,(H,43,46)/t25-/m1/s1. The van der Waals surface area contributed by atoms with Crippen LogP contribution in [0.1, 0.15) is 29.7 Å². The summed E-state index contributed by atoms with van der Waals surface area (Å²) in [5.41, 5.74) is 6.60. The van der Waals surface area contributed by atoms with E-state index >= 15 is 0 Å². The lowest BCUT2D eigenvalue weighted by Gasteiger charge is -2.16. The van der Waals surface area contributed by atoms with E-state index in [0.717, 1.165) is 39.8 Å². The van der Waals surface area contributed by atoms with Gasteiger partial charge in [0, 0.05) is 71.8 Å². The van der Waals surface area contributed by atoms with Gasteiger partial charge in [-0.3, -0.25) is 18.8 Å². The fourth-order valence-electron chi connectivity index (χ4n) is 6.11. The predicted molar refractivity (Wildman–Crippen MR) is 193 cm³/mol. The molecule has 1 aliphatic heterocycles. The number of nitrogens with one attached hydrogen (secondary N) is 3. The molecule has 2 aromatic carbocycles. The number of amides is 1. The summed E-state index contributed by atoms with van der Waals surface area (Å²) in [5, 5.41) is 10.2. The highest BCUT2D eigenvalue weighted by atomic mass is 35.5. The molecule has 1 fully saturated rings. The Hall–Kier alpha value is -4.81. The molecule has 0 aliphatic carbocycles. The molecule has 0 unspecified atom stereocenters. The molecule has 258 valence electrons. The summed E-state index contributed by atoms with van der Waals surface area (Å²) in [7, 11) is 2.89. The van der Waals surface area contributed by atoms with E-state index in [1.54, 1.807) is 7.11 Å². The number of aromatic nitrogens is 3. The van der Waals surface area contributed by atoms with Crippen LogP contribution in [-0.4, -0.2) is 59.6 Å². The highest BCUT2D eigenvalue weighted by Crippen LogP contribution is 2.42. The second kappa shape index (κ2) is 15.4. The van der Waals surface area contributed by atoms with E-state index in [0.29, 0.717) is 58.0 Å². The lowest BCUT2D eigenvalue weighted by Crippen LogP contribution is -2.35. The minimum Gasteiger partial charge on any atom is -0.481 e. The molecule has 50 heavy (non-hydrogen) atoms. The average Bonchev–Trinajstić information content (AvgIpc) is 3.53. The van der Waals surface area contributed by atoms with Crippen molar-refractivity contribution in [2.75, 3.05) is 27.3 Å². The van der Waals surface area contributed by atoms with Crippen LogP contribution in [0.3, 0.4) is 0 Å². The van der Waals surface area contributed by atoms with Crippen molar-refractivity contribution in [3.63, 3.8) is 0 Å². The van der Waals surface area contributed by atoms with Gasteiger partial charge in [0.05, 0.1) is 42.1 Å². The van der Waals surface area contributed by atoms with Crippen LogP contribution in [0.4, 0.5) is 0 Å². The molecular weight excluding hydrogens is 679 g/mol. The van der Waals surface area contributed by atoms with Crippen molar-refractivity contribution in [3.8, 4) is 39.4 Å². The van der Waals surface area contributed by atoms with Crippen molar-refractivity contribution in [2.24, 2.45) is 0 Å². The van der Waals surface area contributed by atoms with Crippen LogP contribution in [0.15, 0.2) is 71.7 Å². The number of benzene rings is 2. The third kappa shape index (κ3) is 7.36. The van der Waals surface area contributed by atoms with E-state index in [4.69, 9.17) is 32.9 Å². The van der Waals surface area contributed by atoms with Gasteiger partial charge in [-0.1, -0.05) is 65.7 Å². The van der Waals surface area contributed by atoms with E-state index in [1.165, 1.54) is 17.7 Å². The normalized spacial score (nSPS) is 14.2. The van der Waals surface area contributed by atoms with Crippen LogP contribution in [0, 0.1) is 6.92 Å². The first-order valence-corrected chi connectivity index (χ1v) is 16.8. The minimum atomic E-state index is -0.421. The number of carbonyl (C=O) groups is 2. The van der Waals surface area contributed by atoms with Crippen molar-refractivity contribution in [3.05, 3.63) is 104 Å². The fraction of sp³-hybridized carbons (Fsp3) is 0.270. The molecule has 3 aromatic heterocycles. The van der Waals surface area contributed by atoms with Gasteiger partial charge in [0.15, 0.2) is 0 Å². The van der Waals surface area contributed by atoms with Gasteiger partial charge in [0.25, 0.3) is 5.56 Å². The van der Waals surface area contributed by atoms with Gasteiger partial charge in [-0.15, -0.1) is 0 Å². The summed E-state index contributed by atoms with van der Waals surface area (Å²) in [6.07, 6.45) is 2.90. The molecule has 5 aromatic rings. The zero-order chi connectivity index (χ0) is 35.4. The summed E-state index contributed by atoms with van der Waals surface area (Å²) in [4.78, 5) is 45.6. The summed E-state index contributed by atoms with van der Waals surface area (Å²) in [6, 6.07) is 19.2. The van der Waals surface area contributed by atoms with Crippen LogP contribution in [0.2, 0.25) is 10.0 Å². The number of nitrogens with zero attached hydrogens (tertiary/aromatic N) is 3. The maximum Gasteiger partial charge on any atom is 0.319 e. The van der Waals surface area contributed by atoms with Crippen LogP contribution in [0.25, 0.3) is 39.2 Å². The molecule has 1 amide bonds. The van der Waals surface area contributed by atoms with E-state index in [2.05, 4.69) is 25.7 Å². The Morgan fingerprint density at radius 2 is 1.64 bits per heavy atom. The number of aryl methyl sites for hydroxylation is 1. The summed E-state index contributed by atoms with van der Waals surface area (Å²) >= 11 is 14.2. The Balaban J connectivity index is 1.27. The summed E-state index contributed by atoms with van der Waals surface area (Å²) < 4.78 is 11.8. The van der Waals surface area contributed by atoms with Gasteiger partial charge in [-0.25, -0.2) is 9.97 Å². The molecule has 1 aliphatic rings. The van der Waals surface area contributed by atoms with E-state index in [1.807, 2.05) is 67.6 Å². The number of carbonyl (C=O) groups excluding carboxylic acids is 2. The number of rotatable bonds is 12. The highest BCUT2D eigenvalue weighted by Gasteiger charge is 2.21. The number of pyridine rings is 2. The van der Waals surface area contributed by atoms with Crippen molar-refractivity contribution in [1.29, 1.82) is 0 Å². The number of hydrogen-bond acceptors (Lipinski definition) is 9. The van der Waals surface area contributed by atoms with E-state index in [9.17, 15) is 14.4 Å². The lowest BCUT2D eigenvalue weighted by molar-refractivity contribution is -0.139. The monoisotopic (exact) mass is 714 g/mol. The molecule has 1 saturated heterocycles. The van der Waals surface area contributed by atoms with Crippen molar-refractivity contribution >= 4 is 40.7 Å². The maximum atomic E-state index is 13.3. The molecule has 4 heterocycles. The Kier molecular flexibility index (Phi) is 10.8. The lowest BCUT2D eigenvalue weighted by atomic mass is 9.96. The molecule has 0 bridgehead atoms. The summed E-state index contributed by atoms with van der Waals surface area (Å²) in [5.74, 6) is 0.150. The largest absolute Gasteiger partial charge is 0.481 e. The summed E-state index contributed by atoms with van der Waals surface area (Å²) in [6.45, 7) is 3.19. The first-order valence-electron chi connectivity index (χ1n) is 16.1. The maximum absolute atomic E-state index is 13.3. The SMILES string of the molecule is COC(=O)CNCc1cnc2cc(-c3cccc(-c4cccc(-c5ccc(CNC[C@H]6CCC(=O)N6)c(OC)n5)c4Cl)c3Cl)cc(C)n2c1=O. The fourth-order valence-corrected chi connectivity index (χ4v) is 6.77. The topological polar surface area (TPSA) is 136 Å². The Morgan fingerprint density at radius 1 is 0.940 bits per heavy atom. The second-order valence-electron chi connectivity index (χ2n) is 12.0. The number of ether oxygens (including phenoxy) is 2. The number of hydrogen-bond donors (Lipinski definition) is 3. The van der Waals surface area contributed by atoms with Gasteiger partial charge in [0.2, 0.25) is 11.8 Å². The molecule has 6 rings (SSSR count). The molecule has 3 N–H and O–H groups in total. The van der Waals surface area contributed by atoms with Crippen molar-refractivity contribution < 1.29 is 19.1 Å². The third-order valence-corrected chi connectivity index (χ3v) is 9.49. The molecule has 1 atom stereocenters. The molecular formula is C37H36Cl2N6O5. The smallest absolute Gasteiger partial charge is 0.319 e. The van der Waals surface area contributed by atoms with Gasteiger partial charge in [-0.05, 0) is 37.1 Å². The first-order chi connectivity index (χ1) is 24.2. The van der Waals surface area contributed by atoms with Gasteiger partial charge in [-0.2, -0.15) is 0 Å². The molecule has 0 saturated carbocycles. The predicted octanol–water partition coefficient (Wildman–Crippen LogP) is 5.35. The molecule has 0 spiro atoms. The Labute approximate surface area is 299 Å². The number of halogens is 2. The molecule has 0 radical (unpaired) electrons. The third-order valence-electron chi connectivity index (χ3n) is 8.67. The quantitative estimate of drug-likeness (QED) is 0.146. The van der Waals surface area contributed by atoms with Gasteiger partial charge >= 0.3 is 5.97 Å². The van der Waals surface area contributed by atoms with Crippen molar-refractivity contribution in [2.45, 2.75) is 38.9 Å². The molecule has 13 heteroatoms. The zero-order valence-electron chi connectivity index (χ0n) is 27.8. The number of methoxy groups -OCH3 is 2. The van der Waals surface area contributed by atoms with Crippen LogP contribution in [0.5, 0.6) is 5.88 Å². The van der Waals surface area contributed by atoms with Crippen molar-refractivity contribution in [1.82, 2.24) is 30.3 Å². The van der Waals surface area contributed by atoms with E-state index in [-0.39, 0.29) is 30.6 Å². The van der Waals surface area contributed by atoms with Crippen LogP contribution < -0.4 is 26.2 Å². The van der Waals surface area contributed by atoms with E-state index < -0.39 is 5.97 Å². The van der Waals surface area contributed by atoms with Crippen LogP contribution >= 0.6 is 23.2 Å². The Bertz CT molecular complexity index is 2150. The van der Waals surface area contributed by atoms with Gasteiger partial charge in [0.1, 0.15) is 5.65 Å². The minimum absolute atomic E-state index is 0.0167. The van der Waals surface area contributed by atoms with Gasteiger partial charge < -0.3 is 25.4 Å². The Morgan fingerprint density at radius 3 is 2.34 bits per heavy atom. The van der Waals surface area contributed by atoms with Crippen LogP contribution in [-0.2, 0) is 27.4 Å². The zero-order valence-corrected chi connectivity index (χ0v) is 29.3. The average molecular weight is 716 g/mol. The highest BCUT2D eigenvalue weighted by molar-refractivity contribution is 6.39. The number of fused-ring (bicyclic) bond motifs is 1. The number of esters is 1. The first kappa shape index (κ1) is 35.0.